The van der Waals surface area contributed by atoms with Gasteiger partial charge in [0.25, 0.3) is 0 Å². The average Bonchev–Trinajstić information content (AvgIpc) is 2.33. The fourth-order valence-corrected chi connectivity index (χ4v) is 2.49. The van der Waals surface area contributed by atoms with E-state index in [1.807, 2.05) is 0 Å². The molecular weight excluding hydrogens is 240 g/mol. The highest BCUT2D eigenvalue weighted by Crippen LogP contribution is 2.30. The lowest BCUT2D eigenvalue weighted by molar-refractivity contribution is 0.244. The van der Waals surface area contributed by atoms with E-state index < -0.39 is 0 Å². The summed E-state index contributed by atoms with van der Waals surface area (Å²) in [5.74, 6) is 1.53. The van der Waals surface area contributed by atoms with Crippen molar-refractivity contribution >= 4 is 23.2 Å². The second-order valence-corrected chi connectivity index (χ2v) is 4.74. The molecule has 94 valence electrons. The van der Waals surface area contributed by atoms with Gasteiger partial charge in [0.1, 0.15) is 17.2 Å². The molecule has 1 aliphatic heterocycles. The minimum atomic E-state index is 0.234. The fourth-order valence-electron chi connectivity index (χ4n) is 2.27. The number of aromatic nitrogens is 2. The lowest BCUT2D eigenvalue weighted by atomic mass is 9.95. The van der Waals surface area contributed by atoms with E-state index in [9.17, 15) is 0 Å². The van der Waals surface area contributed by atoms with Crippen LogP contribution in [0.5, 0.6) is 0 Å². The SMILES string of the molecule is Nc1ncnc(N2CCCC(CCO)C2)c1Cl. The fraction of sp³-hybridized carbons (Fsp3) is 0.636. The standard InChI is InChI=1S/C11H17ClN4O/c12-9-10(13)14-7-15-11(9)16-4-1-2-8(6-16)3-5-17/h7-8,17H,1-6H2,(H2,13,14,15). The zero-order valence-electron chi connectivity index (χ0n) is 9.64. The molecular formula is C11H17ClN4O. The van der Waals surface area contributed by atoms with Crippen LogP contribution in [-0.4, -0.2) is 34.8 Å². The summed E-state index contributed by atoms with van der Waals surface area (Å²) >= 11 is 6.11. The van der Waals surface area contributed by atoms with Crippen molar-refractivity contribution in [3.63, 3.8) is 0 Å². The van der Waals surface area contributed by atoms with E-state index in [1.54, 1.807) is 0 Å². The van der Waals surface area contributed by atoms with Crippen LogP contribution in [0, 0.1) is 5.92 Å². The second kappa shape index (κ2) is 5.51. The van der Waals surface area contributed by atoms with E-state index >= 15 is 0 Å². The number of aliphatic hydroxyl groups is 1. The predicted octanol–water partition coefficient (Wildman–Crippen LogP) is 1.31. The molecule has 1 fully saturated rings. The third kappa shape index (κ3) is 2.79. The lowest BCUT2D eigenvalue weighted by Gasteiger charge is -2.33. The average molecular weight is 257 g/mol. The summed E-state index contributed by atoms with van der Waals surface area (Å²) < 4.78 is 0. The molecule has 2 rings (SSSR count). The molecule has 17 heavy (non-hydrogen) atoms. The molecule has 2 heterocycles. The molecule has 0 aromatic carbocycles. The van der Waals surface area contributed by atoms with Crippen LogP contribution in [0.25, 0.3) is 0 Å². The molecule has 1 saturated heterocycles. The van der Waals surface area contributed by atoms with Gasteiger partial charge in [0.15, 0.2) is 5.82 Å². The molecule has 5 nitrogen and oxygen atoms in total. The molecule has 3 N–H and O–H groups in total. The highest BCUT2D eigenvalue weighted by atomic mass is 35.5. The highest BCUT2D eigenvalue weighted by molar-refractivity contribution is 6.35. The number of halogens is 1. The molecule has 0 radical (unpaired) electrons. The van der Waals surface area contributed by atoms with Gasteiger partial charge in [-0.25, -0.2) is 9.97 Å². The highest BCUT2D eigenvalue weighted by Gasteiger charge is 2.22. The van der Waals surface area contributed by atoms with Gasteiger partial charge in [-0.05, 0) is 25.2 Å². The van der Waals surface area contributed by atoms with Crippen LogP contribution in [0.2, 0.25) is 5.02 Å². The summed E-state index contributed by atoms with van der Waals surface area (Å²) in [6.07, 6.45) is 4.50. The van der Waals surface area contributed by atoms with Gasteiger partial charge < -0.3 is 15.7 Å². The molecule has 1 atom stereocenters. The Labute approximate surface area is 106 Å². The number of hydrogen-bond donors (Lipinski definition) is 2. The van der Waals surface area contributed by atoms with Crippen LogP contribution in [0.15, 0.2) is 6.33 Å². The van der Waals surface area contributed by atoms with Gasteiger partial charge in [-0.1, -0.05) is 11.6 Å². The summed E-state index contributed by atoms with van der Waals surface area (Å²) in [5.41, 5.74) is 5.67. The van der Waals surface area contributed by atoms with Crippen LogP contribution < -0.4 is 10.6 Å². The smallest absolute Gasteiger partial charge is 0.153 e. The van der Waals surface area contributed by atoms with Crippen LogP contribution in [0.4, 0.5) is 11.6 Å². The van der Waals surface area contributed by atoms with Gasteiger partial charge in [-0.3, -0.25) is 0 Å². The maximum Gasteiger partial charge on any atom is 0.153 e. The Morgan fingerprint density at radius 3 is 3.12 bits per heavy atom. The van der Waals surface area contributed by atoms with E-state index in [2.05, 4.69) is 14.9 Å². The molecule has 6 heteroatoms. The topological polar surface area (TPSA) is 75.3 Å². The van der Waals surface area contributed by atoms with Gasteiger partial charge in [-0.15, -0.1) is 0 Å². The first kappa shape index (κ1) is 12.4. The van der Waals surface area contributed by atoms with Gasteiger partial charge in [0.05, 0.1) is 0 Å². The van der Waals surface area contributed by atoms with E-state index in [0.29, 0.717) is 22.6 Å². The van der Waals surface area contributed by atoms with Gasteiger partial charge in [-0.2, -0.15) is 0 Å². The number of aliphatic hydroxyl groups excluding tert-OH is 1. The summed E-state index contributed by atoms with van der Waals surface area (Å²) in [6.45, 7) is 2.03. The number of nitrogens with two attached hydrogens (primary N) is 1. The summed E-state index contributed by atoms with van der Waals surface area (Å²) in [5, 5.41) is 9.41. The van der Waals surface area contributed by atoms with Crippen LogP contribution in [0.3, 0.4) is 0 Å². The molecule has 0 bridgehead atoms. The van der Waals surface area contributed by atoms with Crippen molar-refractivity contribution in [3.8, 4) is 0 Å². The Hall–Kier alpha value is -1.07. The van der Waals surface area contributed by atoms with Crippen LogP contribution in [0.1, 0.15) is 19.3 Å². The Morgan fingerprint density at radius 1 is 1.53 bits per heavy atom. The van der Waals surface area contributed by atoms with Crippen molar-refractivity contribution in [3.05, 3.63) is 11.3 Å². The van der Waals surface area contributed by atoms with E-state index in [1.165, 1.54) is 6.33 Å². The first-order valence-electron chi connectivity index (χ1n) is 5.84. The van der Waals surface area contributed by atoms with E-state index in [0.717, 1.165) is 32.4 Å². The number of nitrogen functional groups attached to an aromatic ring is 1. The summed E-state index contributed by atoms with van der Waals surface area (Å²) in [6, 6.07) is 0. The molecule has 1 aromatic rings. The number of hydrogen-bond acceptors (Lipinski definition) is 5. The zero-order chi connectivity index (χ0) is 12.3. The summed E-state index contributed by atoms with van der Waals surface area (Å²) in [4.78, 5) is 10.2. The Bertz CT molecular complexity index is 386. The Balaban J connectivity index is 2.13. The first-order chi connectivity index (χ1) is 8.22. The summed E-state index contributed by atoms with van der Waals surface area (Å²) in [7, 11) is 0. The molecule has 0 spiro atoms. The molecule has 0 aliphatic carbocycles. The van der Waals surface area contributed by atoms with Crippen molar-refractivity contribution in [2.45, 2.75) is 19.3 Å². The quantitative estimate of drug-likeness (QED) is 0.853. The van der Waals surface area contributed by atoms with Crippen LogP contribution >= 0.6 is 11.6 Å². The zero-order valence-corrected chi connectivity index (χ0v) is 10.4. The Kier molecular flexibility index (Phi) is 4.02. The molecule has 1 aliphatic rings. The predicted molar refractivity (Wildman–Crippen MR) is 68.1 cm³/mol. The molecule has 1 unspecified atom stereocenters. The monoisotopic (exact) mass is 256 g/mol. The van der Waals surface area contributed by atoms with Gasteiger partial charge >= 0.3 is 0 Å². The number of rotatable bonds is 3. The van der Waals surface area contributed by atoms with E-state index in [4.69, 9.17) is 22.4 Å². The second-order valence-electron chi connectivity index (χ2n) is 4.36. The lowest BCUT2D eigenvalue weighted by Crippen LogP contribution is -2.36. The largest absolute Gasteiger partial charge is 0.396 e. The molecule has 1 aromatic heterocycles. The minimum Gasteiger partial charge on any atom is -0.396 e. The third-order valence-electron chi connectivity index (χ3n) is 3.15. The van der Waals surface area contributed by atoms with E-state index in [-0.39, 0.29) is 6.61 Å². The number of piperidine rings is 1. The maximum absolute atomic E-state index is 8.98. The minimum absolute atomic E-state index is 0.234. The normalized spacial score (nSPS) is 20.6. The number of anilines is 2. The van der Waals surface area contributed by atoms with Crippen molar-refractivity contribution in [2.75, 3.05) is 30.3 Å². The van der Waals surface area contributed by atoms with Gasteiger partial charge in [0, 0.05) is 19.7 Å². The van der Waals surface area contributed by atoms with Crippen molar-refractivity contribution in [2.24, 2.45) is 5.92 Å². The maximum atomic E-state index is 8.98. The van der Waals surface area contributed by atoms with Crippen molar-refractivity contribution < 1.29 is 5.11 Å². The van der Waals surface area contributed by atoms with Crippen molar-refractivity contribution in [1.82, 2.24) is 9.97 Å². The van der Waals surface area contributed by atoms with Crippen LogP contribution in [-0.2, 0) is 0 Å². The first-order valence-corrected chi connectivity index (χ1v) is 6.22. The third-order valence-corrected chi connectivity index (χ3v) is 3.52. The molecule has 0 amide bonds. The van der Waals surface area contributed by atoms with Gasteiger partial charge in [0.2, 0.25) is 0 Å². The Morgan fingerprint density at radius 2 is 2.35 bits per heavy atom. The van der Waals surface area contributed by atoms with Crippen molar-refractivity contribution in [1.29, 1.82) is 0 Å². The molecule has 0 saturated carbocycles. The number of nitrogens with zero attached hydrogens (tertiary/aromatic N) is 3.